The van der Waals surface area contributed by atoms with Gasteiger partial charge in [-0.2, -0.15) is 8.42 Å². The van der Waals surface area contributed by atoms with Crippen LogP contribution >= 0.6 is 0 Å². The molecular weight excluding hydrogens is 376 g/mol. The lowest BCUT2D eigenvalue weighted by molar-refractivity contribution is -0.0735. The van der Waals surface area contributed by atoms with Gasteiger partial charge in [0.05, 0.1) is 18.1 Å². The van der Waals surface area contributed by atoms with Crippen molar-refractivity contribution in [3.05, 3.63) is 59.2 Å². The van der Waals surface area contributed by atoms with Gasteiger partial charge in [0.15, 0.2) is 6.29 Å². The summed E-state index contributed by atoms with van der Waals surface area (Å²) < 4.78 is 40.9. The molecule has 2 aromatic rings. The Morgan fingerprint density at radius 2 is 1.64 bits per heavy atom. The quantitative estimate of drug-likeness (QED) is 0.317. The summed E-state index contributed by atoms with van der Waals surface area (Å²) >= 11 is 0. The summed E-state index contributed by atoms with van der Waals surface area (Å²) in [7, 11) is -3.80. The first kappa shape index (κ1) is 22.4. The molecule has 0 heterocycles. The van der Waals surface area contributed by atoms with Crippen LogP contribution in [0.1, 0.15) is 49.8 Å². The maximum Gasteiger partial charge on any atom is 0.297 e. The van der Waals surface area contributed by atoms with E-state index in [-0.39, 0.29) is 18.1 Å². The molecule has 0 saturated heterocycles. The molecule has 0 aliphatic carbocycles. The molecule has 2 unspecified atom stereocenters. The van der Waals surface area contributed by atoms with Gasteiger partial charge in [0, 0.05) is 0 Å². The number of hydrogen-bond donors (Lipinski definition) is 0. The van der Waals surface area contributed by atoms with Crippen LogP contribution in [0.15, 0.2) is 47.4 Å². The second kappa shape index (κ2) is 10.0. The van der Waals surface area contributed by atoms with Gasteiger partial charge in [-0.15, -0.1) is 0 Å². The highest BCUT2D eigenvalue weighted by molar-refractivity contribution is 7.86. The molecule has 28 heavy (non-hydrogen) atoms. The average Bonchev–Trinajstić information content (AvgIpc) is 2.65. The minimum Gasteiger partial charge on any atom is -0.465 e. The Balaban J connectivity index is 1.79. The van der Waals surface area contributed by atoms with Crippen molar-refractivity contribution < 1.29 is 22.1 Å². The molecule has 2 aromatic carbocycles. The molecule has 0 bridgehead atoms. The molecule has 0 N–H and O–H groups in total. The van der Waals surface area contributed by atoms with Crippen molar-refractivity contribution in [2.24, 2.45) is 0 Å². The van der Waals surface area contributed by atoms with Crippen LogP contribution in [-0.2, 0) is 19.0 Å². The van der Waals surface area contributed by atoms with E-state index < -0.39 is 16.4 Å². The summed E-state index contributed by atoms with van der Waals surface area (Å²) in [6.45, 7) is 9.81. The molecule has 0 radical (unpaired) electrons. The van der Waals surface area contributed by atoms with Gasteiger partial charge < -0.3 is 9.47 Å². The van der Waals surface area contributed by atoms with E-state index in [0.717, 1.165) is 12.0 Å². The smallest absolute Gasteiger partial charge is 0.297 e. The highest BCUT2D eigenvalue weighted by atomic mass is 32.2. The largest absolute Gasteiger partial charge is 0.465 e. The van der Waals surface area contributed by atoms with Crippen LogP contribution in [0.5, 0.6) is 5.75 Å². The molecular formula is C22H30O5S. The van der Waals surface area contributed by atoms with Gasteiger partial charge in [-0.05, 0) is 62.4 Å². The first-order valence-electron chi connectivity index (χ1n) is 9.58. The van der Waals surface area contributed by atoms with Crippen LogP contribution < -0.4 is 4.74 Å². The highest BCUT2D eigenvalue weighted by Crippen LogP contribution is 2.22. The number of benzene rings is 2. The Morgan fingerprint density at radius 1 is 0.964 bits per heavy atom. The fourth-order valence-corrected chi connectivity index (χ4v) is 3.94. The van der Waals surface area contributed by atoms with E-state index in [1.54, 1.807) is 26.0 Å². The molecule has 0 fully saturated rings. The molecule has 0 aromatic heterocycles. The van der Waals surface area contributed by atoms with E-state index in [1.807, 2.05) is 25.1 Å². The van der Waals surface area contributed by atoms with Gasteiger partial charge >= 0.3 is 0 Å². The summed E-state index contributed by atoms with van der Waals surface area (Å²) in [6, 6.07) is 13.1. The zero-order chi connectivity index (χ0) is 20.7. The first-order valence-corrected chi connectivity index (χ1v) is 11.0. The highest BCUT2D eigenvalue weighted by Gasteiger charge is 2.18. The Hall–Kier alpha value is -1.89. The van der Waals surface area contributed by atoms with Crippen LogP contribution in [-0.4, -0.2) is 27.9 Å². The third kappa shape index (κ3) is 6.33. The lowest BCUT2D eigenvalue weighted by Gasteiger charge is -2.16. The molecule has 0 aliphatic heterocycles. The average molecular weight is 407 g/mol. The van der Waals surface area contributed by atoms with Crippen LogP contribution in [0.3, 0.4) is 0 Å². The van der Waals surface area contributed by atoms with E-state index >= 15 is 0 Å². The predicted octanol–water partition coefficient (Wildman–Crippen LogP) is 4.96. The molecule has 0 saturated carbocycles. The van der Waals surface area contributed by atoms with Crippen molar-refractivity contribution in [2.75, 3.05) is 13.2 Å². The zero-order valence-electron chi connectivity index (χ0n) is 17.3. The summed E-state index contributed by atoms with van der Waals surface area (Å²) in [6.07, 6.45) is 0.576. The Morgan fingerprint density at radius 3 is 2.25 bits per heavy atom. The van der Waals surface area contributed by atoms with Gasteiger partial charge in [-0.3, -0.25) is 4.18 Å². The summed E-state index contributed by atoms with van der Waals surface area (Å²) in [5.74, 6) is 1.22. The number of hydrogen-bond acceptors (Lipinski definition) is 5. The first-order chi connectivity index (χ1) is 13.2. The zero-order valence-corrected chi connectivity index (χ0v) is 18.1. The predicted molar refractivity (Wildman–Crippen MR) is 110 cm³/mol. The number of rotatable bonds is 10. The molecule has 5 nitrogen and oxygen atoms in total. The van der Waals surface area contributed by atoms with Gasteiger partial charge in [-0.25, -0.2) is 0 Å². The third-order valence-corrected chi connectivity index (χ3v) is 6.11. The lowest BCUT2D eigenvalue weighted by atomic mass is 9.99. The molecule has 0 spiro atoms. The van der Waals surface area contributed by atoms with Crippen molar-refractivity contribution in [3.8, 4) is 5.75 Å². The molecule has 2 rings (SSSR count). The fraction of sp³-hybridized carbons (Fsp3) is 0.455. The number of ether oxygens (including phenoxy) is 2. The van der Waals surface area contributed by atoms with Crippen LogP contribution in [0.25, 0.3) is 0 Å². The lowest BCUT2D eigenvalue weighted by Crippen LogP contribution is -2.20. The Labute approximate surface area is 168 Å². The topological polar surface area (TPSA) is 61.8 Å². The summed E-state index contributed by atoms with van der Waals surface area (Å²) in [4.78, 5) is 0.184. The molecule has 0 amide bonds. The Kier molecular flexibility index (Phi) is 8.04. The van der Waals surface area contributed by atoms with E-state index in [2.05, 4.69) is 26.0 Å². The Bertz CT molecular complexity index is 859. The molecule has 2 atom stereocenters. The van der Waals surface area contributed by atoms with E-state index in [4.69, 9.17) is 13.7 Å². The van der Waals surface area contributed by atoms with E-state index in [0.29, 0.717) is 17.2 Å². The van der Waals surface area contributed by atoms with Crippen molar-refractivity contribution in [3.63, 3.8) is 0 Å². The van der Waals surface area contributed by atoms with Crippen molar-refractivity contribution in [1.29, 1.82) is 0 Å². The van der Waals surface area contributed by atoms with Crippen LogP contribution in [0.2, 0.25) is 0 Å². The summed E-state index contributed by atoms with van der Waals surface area (Å²) in [5.41, 5.74) is 2.94. The normalized spacial score (nSPS) is 13.9. The monoisotopic (exact) mass is 406 g/mol. The fourth-order valence-electron chi connectivity index (χ4n) is 2.84. The van der Waals surface area contributed by atoms with Gasteiger partial charge in [-0.1, -0.05) is 43.7 Å². The number of aryl methyl sites for hydroxylation is 2. The standard InChI is InChI=1S/C22H30O5S/c1-6-17(3)20-8-10-21(11-9-20)27-19(5)25-13-14-26-28(23,24)22-12-7-16(2)15-18(22)4/h7-12,15,17,19H,6,13-14H2,1-5H3. The van der Waals surface area contributed by atoms with Crippen LogP contribution in [0, 0.1) is 13.8 Å². The maximum atomic E-state index is 12.3. The van der Waals surface area contributed by atoms with Gasteiger partial charge in [0.1, 0.15) is 5.75 Å². The SMILES string of the molecule is CCC(C)c1ccc(OC(C)OCCOS(=O)(=O)c2ccc(C)cc2C)cc1. The van der Waals surface area contributed by atoms with Crippen molar-refractivity contribution >= 4 is 10.1 Å². The van der Waals surface area contributed by atoms with Crippen LogP contribution in [0.4, 0.5) is 0 Å². The minimum absolute atomic E-state index is 0.0731. The molecule has 154 valence electrons. The van der Waals surface area contributed by atoms with Gasteiger partial charge in [0.25, 0.3) is 10.1 Å². The van der Waals surface area contributed by atoms with Gasteiger partial charge in [0.2, 0.25) is 0 Å². The second-order valence-corrected chi connectivity index (χ2v) is 8.56. The van der Waals surface area contributed by atoms with E-state index in [9.17, 15) is 8.42 Å². The third-order valence-electron chi connectivity index (χ3n) is 4.64. The maximum absolute atomic E-state index is 12.3. The van der Waals surface area contributed by atoms with E-state index in [1.165, 1.54) is 5.56 Å². The van der Waals surface area contributed by atoms with Crippen molar-refractivity contribution in [1.82, 2.24) is 0 Å². The summed E-state index contributed by atoms with van der Waals surface area (Å²) in [5, 5.41) is 0. The molecule has 6 heteroatoms. The second-order valence-electron chi connectivity index (χ2n) is 6.98. The molecule has 0 aliphatic rings. The van der Waals surface area contributed by atoms with Crippen molar-refractivity contribution in [2.45, 2.75) is 58.1 Å². The minimum atomic E-state index is -3.80.